The lowest BCUT2D eigenvalue weighted by Gasteiger charge is -1.75. The molecule has 0 saturated carbocycles. The molecule has 2 aliphatic rings. The van der Waals surface area contributed by atoms with Gasteiger partial charge in [-0.25, -0.2) is 0 Å². The summed E-state index contributed by atoms with van der Waals surface area (Å²) < 4.78 is 9.81. The first-order chi connectivity index (χ1) is 5.00. The first kappa shape index (κ1) is 8.71. The van der Waals surface area contributed by atoms with Crippen molar-refractivity contribution >= 4 is 23.5 Å². The van der Waals surface area contributed by atoms with E-state index >= 15 is 0 Å². The largest absolute Gasteiger partial charge is 0.370 e. The first-order valence-electron chi connectivity index (χ1n) is 3.31. The summed E-state index contributed by atoms with van der Waals surface area (Å²) in [5.41, 5.74) is 0. The minimum Gasteiger partial charge on any atom is -0.370 e. The van der Waals surface area contributed by atoms with E-state index in [0.29, 0.717) is 0 Å². The summed E-state index contributed by atoms with van der Waals surface area (Å²) in [6.45, 7) is 1.93. The zero-order valence-corrected chi connectivity index (χ0v) is 7.51. The second-order valence-electron chi connectivity index (χ2n) is 1.87. The maximum absolute atomic E-state index is 4.91. The Bertz CT molecular complexity index is 46.9. The number of hydrogen-bond donors (Lipinski definition) is 0. The molecule has 0 bridgehead atoms. The lowest BCUT2D eigenvalue weighted by molar-refractivity contribution is 0.217. The third-order valence-electron chi connectivity index (χ3n) is 1.08. The van der Waals surface area contributed by atoms with Crippen molar-refractivity contribution in [2.45, 2.75) is 0 Å². The van der Waals surface area contributed by atoms with Crippen LogP contribution in [0.15, 0.2) is 0 Å². The van der Waals surface area contributed by atoms with Gasteiger partial charge in [-0.05, 0) is 0 Å². The molecule has 4 heteroatoms. The molecule has 0 radical (unpaired) electrons. The highest BCUT2D eigenvalue weighted by molar-refractivity contribution is 7.99. The average molecular weight is 180 g/mol. The second-order valence-corrected chi connectivity index (χ2v) is 3.97. The van der Waals surface area contributed by atoms with Crippen molar-refractivity contribution in [1.29, 1.82) is 0 Å². The average Bonchev–Trinajstić information content (AvgIpc) is 2.67. The standard InChI is InChI=1S/2C3H6OS/c2*1-2-5-3-4-1/h2*1-3H2. The fourth-order valence-corrected chi connectivity index (χ4v) is 1.77. The third kappa shape index (κ3) is 4.44. The molecule has 0 aromatic carbocycles. The van der Waals surface area contributed by atoms with Gasteiger partial charge in [0.05, 0.1) is 25.1 Å². The van der Waals surface area contributed by atoms with Crippen molar-refractivity contribution in [2.75, 3.05) is 36.6 Å². The van der Waals surface area contributed by atoms with Crippen molar-refractivity contribution in [3.8, 4) is 0 Å². The van der Waals surface area contributed by atoms with E-state index in [1.165, 1.54) is 11.5 Å². The van der Waals surface area contributed by atoms with Crippen LogP contribution in [0.1, 0.15) is 0 Å². The molecule has 0 unspecified atom stereocenters. The van der Waals surface area contributed by atoms with Crippen LogP contribution in [0.5, 0.6) is 0 Å². The molecule has 0 aliphatic carbocycles. The van der Waals surface area contributed by atoms with Crippen LogP contribution < -0.4 is 0 Å². The Morgan fingerprint density at radius 1 is 0.800 bits per heavy atom. The molecule has 2 fully saturated rings. The fraction of sp³-hybridized carbons (Fsp3) is 1.00. The van der Waals surface area contributed by atoms with Crippen LogP contribution in [0.2, 0.25) is 0 Å². The number of hydrogen-bond acceptors (Lipinski definition) is 4. The summed E-state index contributed by atoms with van der Waals surface area (Å²) in [5, 5.41) is 0. The third-order valence-corrected chi connectivity index (χ3v) is 2.65. The Balaban J connectivity index is 0.0000001000. The molecule has 0 amide bonds. The first-order valence-corrected chi connectivity index (χ1v) is 5.62. The van der Waals surface area contributed by atoms with Crippen LogP contribution in [-0.2, 0) is 9.47 Å². The lowest BCUT2D eigenvalue weighted by atomic mass is 10.9. The van der Waals surface area contributed by atoms with E-state index in [4.69, 9.17) is 9.47 Å². The summed E-state index contributed by atoms with van der Waals surface area (Å²) in [6, 6.07) is 0. The van der Waals surface area contributed by atoms with E-state index in [0.717, 1.165) is 25.1 Å². The maximum Gasteiger partial charge on any atom is 0.0922 e. The molecule has 0 aromatic heterocycles. The Kier molecular flexibility index (Phi) is 5.52. The van der Waals surface area contributed by atoms with Gasteiger partial charge in [0.25, 0.3) is 0 Å². The minimum atomic E-state index is 0.917. The smallest absolute Gasteiger partial charge is 0.0922 e. The summed E-state index contributed by atoms with van der Waals surface area (Å²) in [6.07, 6.45) is 0. The highest BCUT2D eigenvalue weighted by atomic mass is 32.2. The molecule has 0 spiro atoms. The normalized spacial score (nSPS) is 24.0. The van der Waals surface area contributed by atoms with Crippen LogP contribution in [0.25, 0.3) is 0 Å². The Morgan fingerprint density at radius 2 is 1.30 bits per heavy atom. The van der Waals surface area contributed by atoms with Gasteiger partial charge >= 0.3 is 0 Å². The molecule has 2 nitrogen and oxygen atoms in total. The van der Waals surface area contributed by atoms with Gasteiger partial charge in [-0.2, -0.15) is 0 Å². The second kappa shape index (κ2) is 6.34. The molecule has 0 N–H and O–H groups in total. The van der Waals surface area contributed by atoms with Crippen molar-refractivity contribution in [1.82, 2.24) is 0 Å². The SMILES string of the molecule is C1CSCO1.C1CSCO1. The van der Waals surface area contributed by atoms with Crippen molar-refractivity contribution in [3.63, 3.8) is 0 Å². The molecule has 10 heavy (non-hydrogen) atoms. The fourth-order valence-electron chi connectivity index (χ4n) is 0.589. The van der Waals surface area contributed by atoms with Crippen molar-refractivity contribution in [3.05, 3.63) is 0 Å². The van der Waals surface area contributed by atoms with Gasteiger partial charge in [-0.15, -0.1) is 23.5 Å². The predicted octanol–water partition coefficient (Wildman–Crippen LogP) is 1.41. The van der Waals surface area contributed by atoms with E-state index in [-0.39, 0.29) is 0 Å². The number of thioether (sulfide) groups is 2. The van der Waals surface area contributed by atoms with Crippen LogP contribution in [0, 0.1) is 0 Å². The van der Waals surface area contributed by atoms with Crippen molar-refractivity contribution < 1.29 is 9.47 Å². The van der Waals surface area contributed by atoms with Crippen molar-refractivity contribution in [2.24, 2.45) is 0 Å². The summed E-state index contributed by atoms with van der Waals surface area (Å²) >= 11 is 3.70. The van der Waals surface area contributed by atoms with Crippen LogP contribution in [0.4, 0.5) is 0 Å². The molecule has 0 aromatic rings. The van der Waals surface area contributed by atoms with E-state index in [1.54, 1.807) is 0 Å². The minimum absolute atomic E-state index is 0.917. The molecular formula is C6H12O2S2. The van der Waals surface area contributed by atoms with Gasteiger partial charge in [0.2, 0.25) is 0 Å². The van der Waals surface area contributed by atoms with Gasteiger partial charge in [0, 0.05) is 11.5 Å². The number of rotatable bonds is 0. The van der Waals surface area contributed by atoms with Gasteiger partial charge in [0.15, 0.2) is 0 Å². The summed E-state index contributed by atoms with van der Waals surface area (Å²) in [4.78, 5) is 0. The van der Waals surface area contributed by atoms with Gasteiger partial charge in [0.1, 0.15) is 0 Å². The molecule has 2 aliphatic heterocycles. The lowest BCUT2D eigenvalue weighted by Crippen LogP contribution is -1.77. The molecule has 60 valence electrons. The Morgan fingerprint density at radius 3 is 1.40 bits per heavy atom. The van der Waals surface area contributed by atoms with E-state index < -0.39 is 0 Å². The van der Waals surface area contributed by atoms with E-state index in [2.05, 4.69) is 0 Å². The molecule has 2 rings (SSSR count). The summed E-state index contributed by atoms with van der Waals surface area (Å²) in [7, 11) is 0. The molecule has 2 heterocycles. The topological polar surface area (TPSA) is 18.5 Å². The van der Waals surface area contributed by atoms with Crippen LogP contribution in [0.3, 0.4) is 0 Å². The predicted molar refractivity (Wildman–Crippen MR) is 46.6 cm³/mol. The maximum atomic E-state index is 4.91. The van der Waals surface area contributed by atoms with E-state index in [9.17, 15) is 0 Å². The zero-order chi connectivity index (χ0) is 7.07. The zero-order valence-electron chi connectivity index (χ0n) is 5.88. The molecule has 0 atom stereocenters. The highest BCUT2D eigenvalue weighted by Crippen LogP contribution is 2.06. The summed E-state index contributed by atoms with van der Waals surface area (Å²) in [5.74, 6) is 4.22. The van der Waals surface area contributed by atoms with Crippen LogP contribution >= 0.6 is 23.5 Å². The highest BCUT2D eigenvalue weighted by Gasteiger charge is 1.95. The monoisotopic (exact) mass is 180 g/mol. The molecular weight excluding hydrogens is 168 g/mol. The number of ether oxygens (including phenoxy) is 2. The Labute approximate surface area is 70.0 Å². The van der Waals surface area contributed by atoms with Gasteiger partial charge in [-0.1, -0.05) is 0 Å². The quantitative estimate of drug-likeness (QED) is 0.561. The van der Waals surface area contributed by atoms with Gasteiger partial charge < -0.3 is 9.47 Å². The van der Waals surface area contributed by atoms with E-state index in [1.807, 2.05) is 23.5 Å². The van der Waals surface area contributed by atoms with Gasteiger partial charge in [-0.3, -0.25) is 0 Å². The van der Waals surface area contributed by atoms with Crippen LogP contribution in [-0.4, -0.2) is 36.6 Å². The molecule has 2 saturated heterocycles. The Hall–Kier alpha value is 0.620.